The van der Waals surface area contributed by atoms with Crippen molar-refractivity contribution in [3.8, 4) is 5.75 Å². The molecule has 1 aromatic rings. The van der Waals surface area contributed by atoms with Crippen LogP contribution in [0.25, 0.3) is 0 Å². The lowest BCUT2D eigenvalue weighted by Gasteiger charge is -2.35. The Morgan fingerprint density at radius 1 is 1.29 bits per heavy atom. The summed E-state index contributed by atoms with van der Waals surface area (Å²) in [6.45, 7) is 4.18. The smallest absolute Gasteiger partial charge is 0.325 e. The van der Waals surface area contributed by atoms with Gasteiger partial charge in [-0.2, -0.15) is 0 Å². The summed E-state index contributed by atoms with van der Waals surface area (Å²) in [5.41, 5.74) is 0.188. The Kier molecular flexibility index (Phi) is 4.06. The first-order chi connectivity index (χ1) is 9.81. The standard InChI is InChI=1S/C15H20N2O4/c1-15(2)8-3-9-17(15)14(21)16(10-13(19)20)11-4-6-12(18)7-5-11/h4-7,18H,3,8-10H2,1-2H3,(H,19,20). The maximum absolute atomic E-state index is 12.7. The van der Waals surface area contributed by atoms with Gasteiger partial charge in [-0.05, 0) is 51.0 Å². The van der Waals surface area contributed by atoms with Crippen LogP contribution >= 0.6 is 0 Å². The lowest BCUT2D eigenvalue weighted by Crippen LogP contribution is -2.51. The van der Waals surface area contributed by atoms with Gasteiger partial charge >= 0.3 is 12.0 Å². The third-order valence-corrected chi connectivity index (χ3v) is 3.82. The number of hydrogen-bond acceptors (Lipinski definition) is 3. The van der Waals surface area contributed by atoms with Gasteiger partial charge in [0.15, 0.2) is 0 Å². The van der Waals surface area contributed by atoms with Crippen molar-refractivity contribution in [2.45, 2.75) is 32.2 Å². The number of phenolic OH excluding ortho intramolecular Hbond substituents is 1. The summed E-state index contributed by atoms with van der Waals surface area (Å²) < 4.78 is 0. The second-order valence-electron chi connectivity index (χ2n) is 5.85. The van der Waals surface area contributed by atoms with E-state index in [1.165, 1.54) is 17.0 Å². The highest BCUT2D eigenvalue weighted by Crippen LogP contribution is 2.30. The normalized spacial score (nSPS) is 16.8. The molecule has 0 unspecified atom stereocenters. The number of amides is 2. The number of anilines is 1. The molecule has 1 heterocycles. The fourth-order valence-electron chi connectivity index (χ4n) is 2.64. The van der Waals surface area contributed by atoms with Crippen LogP contribution in [-0.4, -0.2) is 45.7 Å². The topological polar surface area (TPSA) is 81.1 Å². The van der Waals surface area contributed by atoms with E-state index in [-0.39, 0.29) is 17.3 Å². The lowest BCUT2D eigenvalue weighted by molar-refractivity contribution is -0.135. The van der Waals surface area contributed by atoms with E-state index in [0.717, 1.165) is 12.8 Å². The Labute approximate surface area is 123 Å². The highest BCUT2D eigenvalue weighted by Gasteiger charge is 2.38. The first-order valence-electron chi connectivity index (χ1n) is 6.91. The molecule has 0 aliphatic carbocycles. The number of nitrogens with zero attached hydrogens (tertiary/aromatic N) is 2. The van der Waals surface area contributed by atoms with Crippen LogP contribution in [0.1, 0.15) is 26.7 Å². The SMILES string of the molecule is CC1(C)CCCN1C(=O)N(CC(=O)O)c1ccc(O)cc1. The number of likely N-dealkylation sites (tertiary alicyclic amines) is 1. The van der Waals surface area contributed by atoms with Crippen molar-refractivity contribution in [3.05, 3.63) is 24.3 Å². The number of phenols is 1. The Hall–Kier alpha value is -2.24. The number of carbonyl (C=O) groups is 2. The third kappa shape index (κ3) is 3.26. The van der Waals surface area contributed by atoms with E-state index in [1.54, 1.807) is 17.0 Å². The van der Waals surface area contributed by atoms with Crippen molar-refractivity contribution in [2.24, 2.45) is 0 Å². The molecule has 1 aromatic carbocycles. The van der Waals surface area contributed by atoms with Gasteiger partial charge < -0.3 is 15.1 Å². The molecule has 0 radical (unpaired) electrons. The Morgan fingerprint density at radius 3 is 2.38 bits per heavy atom. The minimum absolute atomic E-state index is 0.0722. The number of carbonyl (C=O) groups excluding carboxylic acids is 1. The second kappa shape index (κ2) is 5.63. The van der Waals surface area contributed by atoms with Crippen molar-refractivity contribution in [3.63, 3.8) is 0 Å². The van der Waals surface area contributed by atoms with Crippen LogP contribution in [0, 0.1) is 0 Å². The highest BCUT2D eigenvalue weighted by molar-refractivity contribution is 5.96. The van der Waals surface area contributed by atoms with Gasteiger partial charge in [-0.25, -0.2) is 4.79 Å². The first kappa shape index (κ1) is 15.2. The molecule has 0 aromatic heterocycles. The zero-order valence-electron chi connectivity index (χ0n) is 12.2. The zero-order chi connectivity index (χ0) is 15.6. The third-order valence-electron chi connectivity index (χ3n) is 3.82. The number of rotatable bonds is 3. The fraction of sp³-hybridized carbons (Fsp3) is 0.467. The molecule has 1 saturated heterocycles. The molecule has 114 valence electrons. The Bertz CT molecular complexity index is 539. The summed E-state index contributed by atoms with van der Waals surface area (Å²) in [6, 6.07) is 5.64. The minimum Gasteiger partial charge on any atom is -0.508 e. The van der Waals surface area contributed by atoms with Gasteiger partial charge in [0, 0.05) is 17.8 Å². The number of benzene rings is 1. The van der Waals surface area contributed by atoms with E-state index >= 15 is 0 Å². The largest absolute Gasteiger partial charge is 0.508 e. The Balaban J connectivity index is 2.29. The maximum Gasteiger partial charge on any atom is 0.325 e. The average Bonchev–Trinajstić information content (AvgIpc) is 2.76. The molecule has 0 atom stereocenters. The number of carboxylic acids is 1. The quantitative estimate of drug-likeness (QED) is 0.895. The number of carboxylic acid groups (broad SMARTS) is 1. The summed E-state index contributed by atoms with van der Waals surface area (Å²) in [5, 5.41) is 18.4. The van der Waals surface area contributed by atoms with Gasteiger partial charge in [0.25, 0.3) is 0 Å². The number of aromatic hydroxyl groups is 1. The van der Waals surface area contributed by atoms with E-state index < -0.39 is 12.5 Å². The number of urea groups is 1. The van der Waals surface area contributed by atoms with Crippen LogP contribution in [0.4, 0.5) is 10.5 Å². The summed E-state index contributed by atoms with van der Waals surface area (Å²) in [4.78, 5) is 26.7. The maximum atomic E-state index is 12.7. The zero-order valence-corrected chi connectivity index (χ0v) is 12.2. The van der Waals surface area contributed by atoms with E-state index in [1.807, 2.05) is 13.8 Å². The molecule has 0 saturated carbocycles. The molecule has 1 aliphatic rings. The monoisotopic (exact) mass is 292 g/mol. The van der Waals surface area contributed by atoms with Crippen LogP contribution in [0.2, 0.25) is 0 Å². The molecule has 6 nitrogen and oxygen atoms in total. The molecule has 0 spiro atoms. The average molecular weight is 292 g/mol. The van der Waals surface area contributed by atoms with E-state index in [4.69, 9.17) is 5.11 Å². The van der Waals surface area contributed by atoms with Gasteiger partial charge in [0.2, 0.25) is 0 Å². The van der Waals surface area contributed by atoms with Crippen LogP contribution in [0.3, 0.4) is 0 Å². The molecular weight excluding hydrogens is 272 g/mol. The van der Waals surface area contributed by atoms with Gasteiger partial charge in [-0.3, -0.25) is 9.69 Å². The molecule has 1 aliphatic heterocycles. The predicted octanol–water partition coefficient (Wildman–Crippen LogP) is 2.28. The van der Waals surface area contributed by atoms with Gasteiger partial charge in [0.05, 0.1) is 0 Å². The Morgan fingerprint density at radius 2 is 1.90 bits per heavy atom. The molecular formula is C15H20N2O4. The second-order valence-corrected chi connectivity index (χ2v) is 5.85. The summed E-state index contributed by atoms with van der Waals surface area (Å²) in [6.07, 6.45) is 1.81. The summed E-state index contributed by atoms with van der Waals surface area (Å²) in [7, 11) is 0. The number of aliphatic carboxylic acids is 1. The van der Waals surface area contributed by atoms with Crippen molar-refractivity contribution in [2.75, 3.05) is 18.0 Å². The summed E-state index contributed by atoms with van der Waals surface area (Å²) >= 11 is 0. The van der Waals surface area contributed by atoms with Crippen molar-refractivity contribution < 1.29 is 19.8 Å². The van der Waals surface area contributed by atoms with Crippen LogP contribution < -0.4 is 4.90 Å². The van der Waals surface area contributed by atoms with Crippen molar-refractivity contribution >= 4 is 17.7 Å². The first-order valence-corrected chi connectivity index (χ1v) is 6.91. The minimum atomic E-state index is -1.08. The molecule has 2 N–H and O–H groups in total. The van der Waals surface area contributed by atoms with E-state index in [0.29, 0.717) is 12.2 Å². The number of hydrogen-bond donors (Lipinski definition) is 2. The molecule has 0 bridgehead atoms. The highest BCUT2D eigenvalue weighted by atomic mass is 16.4. The van der Waals surface area contributed by atoms with Crippen molar-refractivity contribution in [1.29, 1.82) is 0 Å². The van der Waals surface area contributed by atoms with Crippen LogP contribution in [0.5, 0.6) is 5.75 Å². The van der Waals surface area contributed by atoms with Gasteiger partial charge in [-0.15, -0.1) is 0 Å². The van der Waals surface area contributed by atoms with Gasteiger partial charge in [-0.1, -0.05) is 0 Å². The molecule has 2 rings (SSSR count). The van der Waals surface area contributed by atoms with E-state index in [9.17, 15) is 14.7 Å². The fourth-order valence-corrected chi connectivity index (χ4v) is 2.64. The molecule has 21 heavy (non-hydrogen) atoms. The van der Waals surface area contributed by atoms with Crippen molar-refractivity contribution in [1.82, 2.24) is 4.90 Å². The molecule has 6 heteroatoms. The van der Waals surface area contributed by atoms with Crippen LogP contribution in [-0.2, 0) is 4.79 Å². The van der Waals surface area contributed by atoms with Crippen LogP contribution in [0.15, 0.2) is 24.3 Å². The summed E-state index contributed by atoms with van der Waals surface area (Å²) in [5.74, 6) is -1.00. The lowest BCUT2D eigenvalue weighted by atomic mass is 10.0. The van der Waals surface area contributed by atoms with E-state index in [2.05, 4.69) is 0 Å². The molecule has 2 amide bonds. The van der Waals surface area contributed by atoms with Gasteiger partial charge in [0.1, 0.15) is 12.3 Å². The predicted molar refractivity (Wildman–Crippen MR) is 78.5 cm³/mol. The molecule has 1 fully saturated rings.